The molecule has 6 heteroatoms. The lowest BCUT2D eigenvalue weighted by atomic mass is 9.91. The molecule has 1 aromatic carbocycles. The summed E-state index contributed by atoms with van der Waals surface area (Å²) in [7, 11) is 0. The predicted octanol–water partition coefficient (Wildman–Crippen LogP) is 3.46. The van der Waals surface area contributed by atoms with Gasteiger partial charge in [-0.3, -0.25) is 0 Å². The molecule has 2 rings (SSSR count). The van der Waals surface area contributed by atoms with E-state index in [0.717, 1.165) is 36.5 Å². The highest BCUT2D eigenvalue weighted by atomic mass is 32.2. The van der Waals surface area contributed by atoms with Gasteiger partial charge in [0, 0.05) is 11.3 Å². The van der Waals surface area contributed by atoms with Crippen LogP contribution in [0.1, 0.15) is 30.1 Å². The summed E-state index contributed by atoms with van der Waals surface area (Å²) in [5.41, 5.74) is 5.30. The van der Waals surface area contributed by atoms with Gasteiger partial charge in [-0.15, -0.1) is 0 Å². The van der Waals surface area contributed by atoms with E-state index in [-0.39, 0.29) is 11.6 Å². The van der Waals surface area contributed by atoms with Crippen molar-refractivity contribution in [1.29, 1.82) is 0 Å². The van der Waals surface area contributed by atoms with Gasteiger partial charge in [-0.1, -0.05) is 6.07 Å². The average Bonchev–Trinajstić information content (AvgIpc) is 2.38. The number of anilines is 1. The summed E-state index contributed by atoms with van der Waals surface area (Å²) >= 11 is 1.76. The molecule has 19 heavy (non-hydrogen) atoms. The van der Waals surface area contributed by atoms with E-state index < -0.39 is 17.8 Å². The first-order chi connectivity index (χ1) is 8.89. The van der Waals surface area contributed by atoms with Gasteiger partial charge in [-0.2, -0.15) is 24.9 Å². The molecule has 3 N–H and O–H groups in total. The third-order valence-corrected chi connectivity index (χ3v) is 4.62. The first kappa shape index (κ1) is 14.5. The van der Waals surface area contributed by atoms with E-state index in [9.17, 15) is 18.3 Å². The molecule has 2 atom stereocenters. The summed E-state index contributed by atoms with van der Waals surface area (Å²) in [6.45, 7) is 0. The van der Waals surface area contributed by atoms with E-state index in [1.807, 2.05) is 0 Å². The van der Waals surface area contributed by atoms with Crippen molar-refractivity contribution < 1.29 is 18.3 Å². The second kappa shape index (κ2) is 5.63. The van der Waals surface area contributed by atoms with Gasteiger partial charge in [0.2, 0.25) is 0 Å². The molecule has 1 saturated heterocycles. The number of nitrogens with two attached hydrogens (primary N) is 1. The molecule has 0 bridgehead atoms. The monoisotopic (exact) mass is 291 g/mol. The molecular formula is C13H16F3NOS. The number of hydrogen-bond acceptors (Lipinski definition) is 3. The molecule has 0 radical (unpaired) electrons. The Kier molecular flexibility index (Phi) is 4.30. The van der Waals surface area contributed by atoms with Crippen LogP contribution in [0, 0.1) is 5.92 Å². The number of hydrogen-bond donors (Lipinski definition) is 2. The first-order valence-electron chi connectivity index (χ1n) is 6.12. The smallest absolute Gasteiger partial charge is 0.398 e. The highest BCUT2D eigenvalue weighted by Crippen LogP contribution is 2.37. The molecule has 106 valence electrons. The Hall–Kier alpha value is -0.880. The van der Waals surface area contributed by atoms with Crippen LogP contribution in [0.3, 0.4) is 0 Å². The molecule has 0 amide bonds. The van der Waals surface area contributed by atoms with Gasteiger partial charge in [-0.05, 0) is 42.4 Å². The molecule has 1 aliphatic heterocycles. The minimum Gasteiger partial charge on any atom is -0.398 e. The van der Waals surface area contributed by atoms with E-state index in [0.29, 0.717) is 5.56 Å². The van der Waals surface area contributed by atoms with Gasteiger partial charge in [-0.25, -0.2) is 0 Å². The Morgan fingerprint density at radius 2 is 2.11 bits per heavy atom. The van der Waals surface area contributed by atoms with Crippen molar-refractivity contribution >= 4 is 17.4 Å². The number of aliphatic hydroxyl groups is 1. The maximum atomic E-state index is 12.5. The van der Waals surface area contributed by atoms with E-state index in [2.05, 4.69) is 0 Å². The van der Waals surface area contributed by atoms with E-state index in [1.165, 1.54) is 6.07 Å². The van der Waals surface area contributed by atoms with E-state index >= 15 is 0 Å². The fourth-order valence-electron chi connectivity index (χ4n) is 2.29. The van der Waals surface area contributed by atoms with Crippen LogP contribution >= 0.6 is 11.8 Å². The number of halogens is 3. The molecule has 1 aliphatic rings. The summed E-state index contributed by atoms with van der Waals surface area (Å²) in [6, 6.07) is 3.17. The molecule has 1 heterocycles. The molecule has 0 aliphatic carbocycles. The molecule has 2 unspecified atom stereocenters. The topological polar surface area (TPSA) is 46.2 Å². The maximum Gasteiger partial charge on any atom is 0.416 e. The molecule has 0 spiro atoms. The number of nitrogen functional groups attached to an aromatic ring is 1. The van der Waals surface area contributed by atoms with E-state index in [4.69, 9.17) is 5.73 Å². The number of aliphatic hydroxyl groups excluding tert-OH is 1. The average molecular weight is 291 g/mol. The van der Waals surface area contributed by atoms with Crippen molar-refractivity contribution in [1.82, 2.24) is 0 Å². The maximum absolute atomic E-state index is 12.5. The molecule has 1 fully saturated rings. The van der Waals surface area contributed by atoms with Crippen molar-refractivity contribution in [2.75, 3.05) is 17.2 Å². The normalized spacial score (nSPS) is 22.2. The third kappa shape index (κ3) is 3.36. The van der Waals surface area contributed by atoms with Gasteiger partial charge in [0.15, 0.2) is 0 Å². The third-order valence-electron chi connectivity index (χ3n) is 3.37. The summed E-state index contributed by atoms with van der Waals surface area (Å²) in [5.74, 6) is 1.96. The van der Waals surface area contributed by atoms with Gasteiger partial charge in [0.25, 0.3) is 0 Å². The Labute approximate surface area is 114 Å². The summed E-state index contributed by atoms with van der Waals surface area (Å²) in [4.78, 5) is 0. The number of thioether (sulfide) groups is 1. The molecule has 2 nitrogen and oxygen atoms in total. The highest BCUT2D eigenvalue weighted by Gasteiger charge is 2.32. The molecular weight excluding hydrogens is 275 g/mol. The molecule has 1 aromatic rings. The van der Waals surface area contributed by atoms with Crippen LogP contribution in [0.15, 0.2) is 18.2 Å². The molecule has 0 saturated carbocycles. The zero-order chi connectivity index (χ0) is 14.0. The number of benzene rings is 1. The van der Waals surface area contributed by atoms with Crippen LogP contribution in [-0.4, -0.2) is 16.6 Å². The van der Waals surface area contributed by atoms with Crippen molar-refractivity contribution in [2.45, 2.75) is 25.1 Å². The standard InChI is InChI=1S/C13H16F3NOS/c14-13(15,16)9-3-4-10(11(17)6-9)12(18)8-2-1-5-19-7-8/h3-4,6,8,12,18H,1-2,5,7,17H2. The van der Waals surface area contributed by atoms with Crippen molar-refractivity contribution in [3.05, 3.63) is 29.3 Å². The minimum atomic E-state index is -4.40. The lowest BCUT2D eigenvalue weighted by molar-refractivity contribution is -0.137. The van der Waals surface area contributed by atoms with Crippen LogP contribution < -0.4 is 5.73 Å². The van der Waals surface area contributed by atoms with Crippen LogP contribution in [0.5, 0.6) is 0 Å². The highest BCUT2D eigenvalue weighted by molar-refractivity contribution is 7.99. The Bertz CT molecular complexity index is 444. The van der Waals surface area contributed by atoms with Crippen LogP contribution in [0.25, 0.3) is 0 Å². The summed E-state index contributed by atoms with van der Waals surface area (Å²) in [5, 5.41) is 10.2. The van der Waals surface area contributed by atoms with Gasteiger partial charge in [0.05, 0.1) is 11.7 Å². The lowest BCUT2D eigenvalue weighted by Crippen LogP contribution is -2.20. The Morgan fingerprint density at radius 3 is 2.63 bits per heavy atom. The molecule has 0 aromatic heterocycles. The zero-order valence-electron chi connectivity index (χ0n) is 10.3. The fourth-order valence-corrected chi connectivity index (χ4v) is 3.48. The van der Waals surface area contributed by atoms with Crippen molar-refractivity contribution in [3.8, 4) is 0 Å². The van der Waals surface area contributed by atoms with Crippen LogP contribution in [-0.2, 0) is 6.18 Å². The number of rotatable bonds is 2. The number of alkyl halides is 3. The zero-order valence-corrected chi connectivity index (χ0v) is 11.1. The van der Waals surface area contributed by atoms with Gasteiger partial charge >= 0.3 is 6.18 Å². The Morgan fingerprint density at radius 1 is 1.37 bits per heavy atom. The lowest BCUT2D eigenvalue weighted by Gasteiger charge is -2.27. The second-order valence-electron chi connectivity index (χ2n) is 4.76. The van der Waals surface area contributed by atoms with Crippen molar-refractivity contribution in [3.63, 3.8) is 0 Å². The van der Waals surface area contributed by atoms with E-state index in [1.54, 1.807) is 11.8 Å². The summed E-state index contributed by atoms with van der Waals surface area (Å²) < 4.78 is 37.6. The SMILES string of the molecule is Nc1cc(C(F)(F)F)ccc1C(O)C1CCCSC1. The second-order valence-corrected chi connectivity index (χ2v) is 5.91. The first-order valence-corrected chi connectivity index (χ1v) is 7.27. The van der Waals surface area contributed by atoms with Crippen LogP contribution in [0.2, 0.25) is 0 Å². The van der Waals surface area contributed by atoms with Gasteiger partial charge < -0.3 is 10.8 Å². The van der Waals surface area contributed by atoms with Crippen LogP contribution in [0.4, 0.5) is 18.9 Å². The predicted molar refractivity (Wildman–Crippen MR) is 70.9 cm³/mol. The summed E-state index contributed by atoms with van der Waals surface area (Å²) in [6.07, 6.45) is -3.28. The van der Waals surface area contributed by atoms with Crippen molar-refractivity contribution in [2.24, 2.45) is 5.92 Å². The van der Waals surface area contributed by atoms with Gasteiger partial charge in [0.1, 0.15) is 0 Å². The fraction of sp³-hybridized carbons (Fsp3) is 0.538. The Balaban J connectivity index is 2.20. The largest absolute Gasteiger partial charge is 0.416 e. The minimum absolute atomic E-state index is 0.0119. The quantitative estimate of drug-likeness (QED) is 0.820.